The molecule has 40 heavy (non-hydrogen) atoms. The second-order valence-electron chi connectivity index (χ2n) is 10.0. The summed E-state index contributed by atoms with van der Waals surface area (Å²) in [6.07, 6.45) is 5.11. The van der Waals surface area contributed by atoms with Gasteiger partial charge in [-0.05, 0) is 42.7 Å². The molecule has 212 valence electrons. The summed E-state index contributed by atoms with van der Waals surface area (Å²) in [5.41, 5.74) is 1.70. The van der Waals surface area contributed by atoms with Gasteiger partial charge in [-0.3, -0.25) is 13.9 Å². The second kappa shape index (κ2) is 13.5. The molecule has 0 radical (unpaired) electrons. The number of carbonyl (C=O) groups excluding carboxylic acids is 2. The smallest absolute Gasteiger partial charge is 0.244 e. The number of sulfonamides is 1. The molecule has 3 aromatic rings. The van der Waals surface area contributed by atoms with Gasteiger partial charge < -0.3 is 10.2 Å². The lowest BCUT2D eigenvalue weighted by Crippen LogP contribution is -2.54. The number of halogens is 2. The minimum atomic E-state index is -3.83. The number of amides is 2. The Morgan fingerprint density at radius 1 is 0.900 bits per heavy atom. The van der Waals surface area contributed by atoms with Crippen molar-refractivity contribution in [2.24, 2.45) is 0 Å². The summed E-state index contributed by atoms with van der Waals surface area (Å²) >= 11 is 13.0. The largest absolute Gasteiger partial charge is 0.352 e. The molecule has 7 nitrogen and oxygen atoms in total. The first-order valence-corrected chi connectivity index (χ1v) is 15.8. The molecule has 0 aromatic heterocycles. The Morgan fingerprint density at radius 3 is 2.05 bits per heavy atom. The summed E-state index contributed by atoms with van der Waals surface area (Å²) in [4.78, 5) is 29.4. The van der Waals surface area contributed by atoms with Crippen molar-refractivity contribution in [3.8, 4) is 0 Å². The minimum absolute atomic E-state index is 0.0310. The molecule has 4 rings (SSSR count). The lowest BCUT2D eigenvalue weighted by Gasteiger charge is -2.34. The van der Waals surface area contributed by atoms with E-state index in [1.165, 1.54) is 4.90 Å². The van der Waals surface area contributed by atoms with Gasteiger partial charge in [0.25, 0.3) is 0 Å². The van der Waals surface area contributed by atoms with Crippen LogP contribution in [0.15, 0.2) is 78.9 Å². The number of anilines is 1. The van der Waals surface area contributed by atoms with Gasteiger partial charge >= 0.3 is 0 Å². The van der Waals surface area contributed by atoms with Gasteiger partial charge in [-0.15, -0.1) is 0 Å². The highest BCUT2D eigenvalue weighted by Gasteiger charge is 2.34. The van der Waals surface area contributed by atoms with Crippen molar-refractivity contribution in [3.63, 3.8) is 0 Å². The number of rotatable bonds is 11. The highest BCUT2D eigenvalue weighted by Crippen LogP contribution is 2.28. The van der Waals surface area contributed by atoms with Crippen LogP contribution in [-0.2, 0) is 32.6 Å². The van der Waals surface area contributed by atoms with Gasteiger partial charge in [-0.25, -0.2) is 8.42 Å². The highest BCUT2D eigenvalue weighted by molar-refractivity contribution is 7.92. The summed E-state index contributed by atoms with van der Waals surface area (Å²) < 4.78 is 26.7. The molecule has 1 N–H and O–H groups in total. The lowest BCUT2D eigenvalue weighted by molar-refractivity contribution is -0.140. The molecule has 1 saturated carbocycles. The Labute approximate surface area is 246 Å². The zero-order chi connectivity index (χ0) is 28.7. The van der Waals surface area contributed by atoms with Gasteiger partial charge in [-0.2, -0.15) is 0 Å². The Kier molecular flexibility index (Phi) is 10.1. The molecule has 1 aliphatic rings. The van der Waals surface area contributed by atoms with Gasteiger partial charge in [0.15, 0.2) is 0 Å². The van der Waals surface area contributed by atoms with Crippen molar-refractivity contribution in [3.05, 3.63) is 100 Å². The van der Waals surface area contributed by atoms with E-state index in [9.17, 15) is 18.0 Å². The van der Waals surface area contributed by atoms with Crippen LogP contribution in [0.2, 0.25) is 10.0 Å². The standard InChI is InChI=1S/C30H33Cl2N3O4S/c1-40(38,39)35(24-15-6-3-7-16-24)21-29(36)34(20-25-26(31)17-10-18-27(25)32)28(19-22-11-4-2-5-12-22)30(37)33-23-13-8-9-14-23/h2-7,10-12,15-18,23,28H,8-9,13-14,19-21H2,1H3,(H,33,37)/t28-/m0/s1. The minimum Gasteiger partial charge on any atom is -0.352 e. The van der Waals surface area contributed by atoms with Crippen molar-refractivity contribution in [2.75, 3.05) is 17.1 Å². The fourth-order valence-electron chi connectivity index (χ4n) is 4.98. The van der Waals surface area contributed by atoms with Crippen LogP contribution in [0.3, 0.4) is 0 Å². The topological polar surface area (TPSA) is 86.8 Å². The first kappa shape index (κ1) is 29.9. The normalized spacial score (nSPS) is 14.5. The molecule has 0 unspecified atom stereocenters. The first-order valence-electron chi connectivity index (χ1n) is 13.2. The van der Waals surface area contributed by atoms with E-state index in [1.54, 1.807) is 48.5 Å². The highest BCUT2D eigenvalue weighted by atomic mass is 35.5. The van der Waals surface area contributed by atoms with Crippen LogP contribution < -0.4 is 9.62 Å². The molecule has 1 atom stereocenters. The van der Waals surface area contributed by atoms with Crippen molar-refractivity contribution in [2.45, 2.75) is 50.7 Å². The zero-order valence-corrected chi connectivity index (χ0v) is 24.6. The van der Waals surface area contributed by atoms with Crippen LogP contribution in [0, 0.1) is 0 Å². The molecule has 0 heterocycles. The van der Waals surface area contributed by atoms with Crippen LogP contribution in [0.5, 0.6) is 0 Å². The molecule has 1 aliphatic carbocycles. The van der Waals surface area contributed by atoms with Crippen molar-refractivity contribution in [1.29, 1.82) is 0 Å². The third-order valence-electron chi connectivity index (χ3n) is 7.09. The number of nitrogens with zero attached hydrogens (tertiary/aromatic N) is 2. The van der Waals surface area contributed by atoms with E-state index < -0.39 is 28.5 Å². The predicted molar refractivity (Wildman–Crippen MR) is 160 cm³/mol. The van der Waals surface area contributed by atoms with Crippen molar-refractivity contribution < 1.29 is 18.0 Å². The monoisotopic (exact) mass is 601 g/mol. The summed E-state index contributed by atoms with van der Waals surface area (Å²) in [6.45, 7) is -0.563. The number of hydrogen-bond acceptors (Lipinski definition) is 4. The number of nitrogens with one attached hydrogen (secondary N) is 1. The molecule has 1 fully saturated rings. The molecule has 3 aromatic carbocycles. The summed E-state index contributed by atoms with van der Waals surface area (Å²) in [7, 11) is -3.83. The van der Waals surface area contributed by atoms with Crippen LogP contribution in [0.4, 0.5) is 5.69 Å². The summed E-state index contributed by atoms with van der Waals surface area (Å²) in [5, 5.41) is 3.83. The number of carbonyl (C=O) groups is 2. The van der Waals surface area contributed by atoms with E-state index in [2.05, 4.69) is 5.32 Å². The first-order chi connectivity index (χ1) is 19.1. The predicted octanol–water partition coefficient (Wildman–Crippen LogP) is 5.46. The quantitative estimate of drug-likeness (QED) is 0.316. The third-order valence-corrected chi connectivity index (χ3v) is 8.93. The Bertz CT molecular complexity index is 1400. The average molecular weight is 603 g/mol. The van der Waals surface area contributed by atoms with E-state index in [0.717, 1.165) is 41.8 Å². The number of para-hydroxylation sites is 1. The van der Waals surface area contributed by atoms with Crippen LogP contribution in [0.1, 0.15) is 36.8 Å². The van der Waals surface area contributed by atoms with E-state index in [-0.39, 0.29) is 24.9 Å². The Hall–Kier alpha value is -3.07. The SMILES string of the molecule is CS(=O)(=O)N(CC(=O)N(Cc1c(Cl)cccc1Cl)[C@@H](Cc1ccccc1)C(=O)NC1CCCC1)c1ccccc1. The zero-order valence-electron chi connectivity index (χ0n) is 22.3. The number of hydrogen-bond donors (Lipinski definition) is 1. The molecule has 0 spiro atoms. The summed E-state index contributed by atoms with van der Waals surface area (Å²) in [5.74, 6) is -0.842. The van der Waals surface area contributed by atoms with Crippen molar-refractivity contribution in [1.82, 2.24) is 10.2 Å². The fourth-order valence-corrected chi connectivity index (χ4v) is 6.35. The molecular formula is C30H33Cl2N3O4S. The van der Waals surface area contributed by atoms with Gasteiger partial charge in [0.1, 0.15) is 12.6 Å². The van der Waals surface area contributed by atoms with E-state index in [1.807, 2.05) is 30.3 Å². The maximum Gasteiger partial charge on any atom is 0.244 e. The molecule has 2 amide bonds. The molecule has 0 saturated heterocycles. The van der Waals surface area contributed by atoms with Gasteiger partial charge in [0, 0.05) is 34.6 Å². The van der Waals surface area contributed by atoms with Gasteiger partial charge in [-0.1, -0.05) is 90.6 Å². The Morgan fingerprint density at radius 2 is 1.48 bits per heavy atom. The van der Waals surface area contributed by atoms with E-state index in [4.69, 9.17) is 23.2 Å². The van der Waals surface area contributed by atoms with Crippen LogP contribution >= 0.6 is 23.2 Å². The lowest BCUT2D eigenvalue weighted by atomic mass is 10.0. The second-order valence-corrected chi connectivity index (χ2v) is 12.7. The fraction of sp³-hybridized carbons (Fsp3) is 0.333. The maximum absolute atomic E-state index is 14.1. The molecule has 10 heteroatoms. The molecular weight excluding hydrogens is 569 g/mol. The van der Waals surface area contributed by atoms with Gasteiger partial charge in [0.2, 0.25) is 21.8 Å². The molecule has 0 aliphatic heterocycles. The van der Waals surface area contributed by atoms with Crippen molar-refractivity contribution >= 4 is 50.7 Å². The average Bonchev–Trinajstić information content (AvgIpc) is 3.44. The maximum atomic E-state index is 14.1. The van der Waals surface area contributed by atoms with E-state index in [0.29, 0.717) is 21.3 Å². The van der Waals surface area contributed by atoms with Crippen LogP contribution in [0.25, 0.3) is 0 Å². The Balaban J connectivity index is 1.75. The van der Waals surface area contributed by atoms with Gasteiger partial charge in [0.05, 0.1) is 11.9 Å². The van der Waals surface area contributed by atoms with E-state index >= 15 is 0 Å². The van der Waals surface area contributed by atoms with Crippen LogP contribution in [-0.4, -0.2) is 50.0 Å². The molecule has 0 bridgehead atoms. The summed E-state index contributed by atoms with van der Waals surface area (Å²) in [6, 6.07) is 22.0. The number of benzene rings is 3. The third kappa shape index (κ3) is 7.77.